The molecule has 1 saturated heterocycles. The number of carbonyl (C=O) groups is 1. The molecule has 1 aromatic carbocycles. The van der Waals surface area contributed by atoms with Crippen molar-refractivity contribution in [1.82, 2.24) is 0 Å². The lowest BCUT2D eigenvalue weighted by Crippen LogP contribution is -2.51. The number of non-ortho nitro benzene ring substituents is 1. The van der Waals surface area contributed by atoms with E-state index in [1.807, 2.05) is 34.4 Å². The van der Waals surface area contributed by atoms with Crippen molar-refractivity contribution in [2.75, 3.05) is 11.4 Å². The fourth-order valence-corrected chi connectivity index (χ4v) is 3.85. The highest BCUT2D eigenvalue weighted by Crippen LogP contribution is 2.40. The molecule has 7 heteroatoms. The maximum absolute atomic E-state index is 11.8. The molecule has 1 aliphatic rings. The van der Waals surface area contributed by atoms with Crippen molar-refractivity contribution >= 4 is 39.9 Å². The lowest BCUT2D eigenvalue weighted by molar-refractivity contribution is -0.384. The van der Waals surface area contributed by atoms with E-state index in [-0.39, 0.29) is 5.69 Å². The Bertz CT molecular complexity index is 578. The average Bonchev–Trinajstić information content (AvgIpc) is 2.84. The molecule has 1 aliphatic heterocycles. The van der Waals surface area contributed by atoms with Crippen LogP contribution in [-0.2, 0) is 4.79 Å². The van der Waals surface area contributed by atoms with E-state index in [9.17, 15) is 20.0 Å². The maximum atomic E-state index is 11.8. The molecule has 21 heavy (non-hydrogen) atoms. The molecule has 1 atom stereocenters. The number of carboxylic acids is 1. The summed E-state index contributed by atoms with van der Waals surface area (Å²) in [5.41, 5.74) is -0.0848. The fraction of sp³-hybridized carbons (Fsp3) is 0.500. The highest BCUT2D eigenvalue weighted by atomic mass is 127. The van der Waals surface area contributed by atoms with Crippen molar-refractivity contribution in [1.29, 1.82) is 0 Å². The zero-order valence-electron chi connectivity index (χ0n) is 11.7. The first-order valence-electron chi connectivity index (χ1n) is 6.87. The second-order valence-electron chi connectivity index (χ2n) is 5.23. The van der Waals surface area contributed by atoms with Crippen LogP contribution in [0.3, 0.4) is 0 Å². The van der Waals surface area contributed by atoms with E-state index in [0.29, 0.717) is 23.0 Å². The Morgan fingerprint density at radius 1 is 1.57 bits per heavy atom. The van der Waals surface area contributed by atoms with Crippen molar-refractivity contribution < 1.29 is 14.8 Å². The van der Waals surface area contributed by atoms with Gasteiger partial charge >= 0.3 is 5.97 Å². The molecular weight excluding hydrogens is 387 g/mol. The molecule has 0 saturated carbocycles. The van der Waals surface area contributed by atoms with Crippen LogP contribution in [0.1, 0.15) is 32.6 Å². The quantitative estimate of drug-likeness (QED) is 0.462. The topological polar surface area (TPSA) is 83.7 Å². The van der Waals surface area contributed by atoms with Crippen molar-refractivity contribution in [3.63, 3.8) is 0 Å². The predicted octanol–water partition coefficient (Wildman–Crippen LogP) is 3.42. The Kier molecular flexibility index (Phi) is 4.70. The van der Waals surface area contributed by atoms with Gasteiger partial charge in [-0.15, -0.1) is 0 Å². The molecule has 1 fully saturated rings. The zero-order chi connectivity index (χ0) is 15.6. The summed E-state index contributed by atoms with van der Waals surface area (Å²) >= 11 is 2.04. The summed E-state index contributed by atoms with van der Waals surface area (Å²) in [4.78, 5) is 24.1. The molecule has 0 spiro atoms. The number of aliphatic carboxylic acids is 1. The third-order valence-electron chi connectivity index (χ3n) is 3.98. The molecule has 1 aromatic rings. The molecule has 0 aromatic heterocycles. The predicted molar refractivity (Wildman–Crippen MR) is 87.7 cm³/mol. The van der Waals surface area contributed by atoms with Gasteiger partial charge in [0.2, 0.25) is 0 Å². The van der Waals surface area contributed by atoms with Crippen molar-refractivity contribution in [3.05, 3.63) is 31.9 Å². The van der Waals surface area contributed by atoms with Crippen LogP contribution in [0.2, 0.25) is 0 Å². The summed E-state index contributed by atoms with van der Waals surface area (Å²) in [5.74, 6) is -0.809. The third kappa shape index (κ3) is 2.83. The van der Waals surface area contributed by atoms with Crippen molar-refractivity contribution in [2.24, 2.45) is 0 Å². The molecule has 1 unspecified atom stereocenters. The molecule has 0 aliphatic carbocycles. The third-order valence-corrected chi connectivity index (χ3v) is 4.85. The van der Waals surface area contributed by atoms with Crippen LogP contribution in [0, 0.1) is 13.7 Å². The van der Waals surface area contributed by atoms with Crippen molar-refractivity contribution in [2.45, 2.75) is 38.1 Å². The van der Waals surface area contributed by atoms with Gasteiger partial charge < -0.3 is 10.0 Å². The van der Waals surface area contributed by atoms with Gasteiger partial charge in [0.15, 0.2) is 0 Å². The van der Waals surface area contributed by atoms with Gasteiger partial charge in [0.25, 0.3) is 5.69 Å². The second kappa shape index (κ2) is 6.17. The molecule has 114 valence electrons. The van der Waals surface area contributed by atoms with Gasteiger partial charge in [0, 0.05) is 22.2 Å². The minimum Gasteiger partial charge on any atom is -0.479 e. The minimum atomic E-state index is -0.884. The van der Waals surface area contributed by atoms with Gasteiger partial charge in [-0.25, -0.2) is 4.79 Å². The number of hydrogen-bond donors (Lipinski definition) is 1. The highest BCUT2D eigenvalue weighted by Gasteiger charge is 2.47. The number of rotatable bonds is 5. The molecule has 2 rings (SSSR count). The van der Waals surface area contributed by atoms with Crippen LogP contribution >= 0.6 is 22.6 Å². The SMILES string of the molecule is CCCC1(C(=O)O)CCCN1c1ccc([N+](=O)[O-])cc1I. The largest absolute Gasteiger partial charge is 0.479 e. The van der Waals surface area contributed by atoms with Crippen molar-refractivity contribution in [3.8, 4) is 0 Å². The van der Waals surface area contributed by atoms with E-state index in [2.05, 4.69) is 0 Å². The van der Waals surface area contributed by atoms with E-state index in [4.69, 9.17) is 0 Å². The first-order chi connectivity index (χ1) is 9.92. The number of nitro groups is 1. The van der Waals surface area contributed by atoms with Gasteiger partial charge in [-0.05, 0) is 47.9 Å². The lowest BCUT2D eigenvalue weighted by atomic mass is 9.90. The van der Waals surface area contributed by atoms with Gasteiger partial charge in [0.1, 0.15) is 5.54 Å². The Morgan fingerprint density at radius 3 is 2.81 bits per heavy atom. The van der Waals surface area contributed by atoms with Crippen LogP contribution in [0.5, 0.6) is 0 Å². The number of hydrogen-bond acceptors (Lipinski definition) is 4. The Labute approximate surface area is 136 Å². The summed E-state index contributed by atoms with van der Waals surface area (Å²) in [5, 5.41) is 20.5. The van der Waals surface area contributed by atoms with Gasteiger partial charge in [0.05, 0.1) is 10.6 Å². The van der Waals surface area contributed by atoms with E-state index in [1.165, 1.54) is 12.1 Å². The molecule has 6 nitrogen and oxygen atoms in total. The number of benzene rings is 1. The first kappa shape index (κ1) is 16.0. The maximum Gasteiger partial charge on any atom is 0.329 e. The number of carboxylic acid groups (broad SMARTS) is 1. The molecule has 1 heterocycles. The number of nitro benzene ring substituents is 1. The van der Waals surface area contributed by atoms with E-state index >= 15 is 0 Å². The second-order valence-corrected chi connectivity index (χ2v) is 6.40. The number of halogens is 1. The Hall–Kier alpha value is -1.38. The molecular formula is C14H17IN2O4. The summed E-state index contributed by atoms with van der Waals surface area (Å²) in [6.45, 7) is 2.64. The highest BCUT2D eigenvalue weighted by molar-refractivity contribution is 14.1. The smallest absolute Gasteiger partial charge is 0.329 e. The first-order valence-corrected chi connectivity index (χ1v) is 7.95. The Morgan fingerprint density at radius 2 is 2.29 bits per heavy atom. The normalized spacial score (nSPS) is 21.5. The monoisotopic (exact) mass is 404 g/mol. The van der Waals surface area contributed by atoms with Crippen LogP contribution in [0.15, 0.2) is 18.2 Å². The van der Waals surface area contributed by atoms with E-state index in [1.54, 1.807) is 6.07 Å². The van der Waals surface area contributed by atoms with Crippen LogP contribution in [0.4, 0.5) is 11.4 Å². The van der Waals surface area contributed by atoms with Gasteiger partial charge in [-0.2, -0.15) is 0 Å². The minimum absolute atomic E-state index is 0.0266. The zero-order valence-corrected chi connectivity index (χ0v) is 13.9. The summed E-state index contributed by atoms with van der Waals surface area (Å²) < 4.78 is 0.713. The molecule has 0 bridgehead atoms. The number of anilines is 1. The van der Waals surface area contributed by atoms with Gasteiger partial charge in [-0.1, -0.05) is 13.3 Å². The molecule has 1 N–H and O–H groups in total. The van der Waals surface area contributed by atoms with Gasteiger partial charge in [-0.3, -0.25) is 10.1 Å². The summed E-state index contributed by atoms with van der Waals surface area (Å²) in [7, 11) is 0. The lowest BCUT2D eigenvalue weighted by Gasteiger charge is -2.37. The number of nitrogens with zero attached hydrogens (tertiary/aromatic N) is 2. The Balaban J connectivity index is 2.44. The fourth-order valence-electron chi connectivity index (χ4n) is 3.06. The van der Waals surface area contributed by atoms with Crippen LogP contribution in [0.25, 0.3) is 0 Å². The average molecular weight is 404 g/mol. The van der Waals surface area contributed by atoms with Crippen LogP contribution < -0.4 is 4.90 Å². The molecule has 0 amide bonds. The standard InChI is InChI=1S/C14H17IN2O4/c1-2-6-14(13(18)19)7-3-8-16(14)12-5-4-10(17(20)21)9-11(12)15/h4-5,9H,2-3,6-8H2,1H3,(H,18,19). The van der Waals surface area contributed by atoms with E-state index < -0.39 is 16.4 Å². The summed E-state index contributed by atoms with van der Waals surface area (Å²) in [6.07, 6.45) is 2.80. The van der Waals surface area contributed by atoms with E-state index in [0.717, 1.165) is 18.5 Å². The van der Waals surface area contributed by atoms with Crippen LogP contribution in [-0.4, -0.2) is 28.1 Å². The summed E-state index contributed by atoms with van der Waals surface area (Å²) in [6, 6.07) is 4.60. The molecule has 0 radical (unpaired) electrons.